The number of aryl methyl sites for hydroxylation is 1. The highest BCUT2D eigenvalue weighted by Crippen LogP contribution is 2.23. The van der Waals surface area contributed by atoms with Crippen LogP contribution in [-0.2, 0) is 4.79 Å². The Morgan fingerprint density at radius 1 is 1.25 bits per heavy atom. The summed E-state index contributed by atoms with van der Waals surface area (Å²) >= 11 is 0. The maximum absolute atomic E-state index is 11.9. The Hall–Kier alpha value is -2.76. The third kappa shape index (κ3) is 2.64. The molecule has 3 heterocycles. The molecule has 1 saturated heterocycles. The molecule has 1 atom stereocenters. The predicted molar refractivity (Wildman–Crippen MR) is 91.5 cm³/mol. The number of piperazine rings is 1. The van der Waals surface area contributed by atoms with E-state index in [1.807, 2.05) is 29.3 Å². The van der Waals surface area contributed by atoms with E-state index < -0.39 is 0 Å². The zero-order valence-electron chi connectivity index (χ0n) is 13.6. The van der Waals surface area contributed by atoms with Crippen molar-refractivity contribution in [3.05, 3.63) is 47.8 Å². The van der Waals surface area contributed by atoms with E-state index in [0.717, 1.165) is 41.9 Å². The number of benzene rings is 1. The summed E-state index contributed by atoms with van der Waals surface area (Å²) in [6, 6.07) is 9.84. The molecule has 24 heavy (non-hydrogen) atoms. The Kier molecular flexibility index (Phi) is 3.72. The highest BCUT2D eigenvalue weighted by Gasteiger charge is 2.32. The van der Waals surface area contributed by atoms with Gasteiger partial charge in [-0.15, -0.1) is 0 Å². The van der Waals surface area contributed by atoms with Gasteiger partial charge in [0.2, 0.25) is 5.91 Å². The van der Waals surface area contributed by atoms with Gasteiger partial charge in [0.1, 0.15) is 6.04 Å². The van der Waals surface area contributed by atoms with Crippen LogP contribution in [0.2, 0.25) is 0 Å². The van der Waals surface area contributed by atoms with Gasteiger partial charge in [-0.3, -0.25) is 9.80 Å². The molecule has 1 amide bonds. The number of amides is 1. The molecule has 1 unspecified atom stereocenters. The smallest absolute Gasteiger partial charge is 0.244 e. The summed E-state index contributed by atoms with van der Waals surface area (Å²) in [5.41, 5.74) is 3.95. The molecular weight excluding hydrogens is 302 g/mol. The van der Waals surface area contributed by atoms with Gasteiger partial charge in [-0.1, -0.05) is 24.3 Å². The minimum Gasteiger partial charge on any atom is -0.352 e. The second-order valence-corrected chi connectivity index (χ2v) is 6.14. The SMILES string of the molecule is Cc1ccccc1-c1nccc(C2=NN3CCNC(=O)C3CC2)n1. The zero-order valence-corrected chi connectivity index (χ0v) is 13.6. The number of hydrogen-bond donors (Lipinski definition) is 1. The van der Waals surface area contributed by atoms with Crippen LogP contribution in [0.1, 0.15) is 24.1 Å². The van der Waals surface area contributed by atoms with Gasteiger partial charge >= 0.3 is 0 Å². The number of rotatable bonds is 2. The van der Waals surface area contributed by atoms with Gasteiger partial charge in [0, 0.05) is 18.3 Å². The normalized spacial score (nSPS) is 20.2. The van der Waals surface area contributed by atoms with Gasteiger partial charge in [-0.25, -0.2) is 9.97 Å². The molecule has 1 aromatic carbocycles. The van der Waals surface area contributed by atoms with Crippen molar-refractivity contribution in [1.29, 1.82) is 0 Å². The number of hydrazone groups is 1. The number of nitrogens with one attached hydrogen (secondary N) is 1. The Balaban J connectivity index is 1.67. The first-order chi connectivity index (χ1) is 11.7. The summed E-state index contributed by atoms with van der Waals surface area (Å²) in [6.07, 6.45) is 3.30. The second kappa shape index (κ2) is 6.03. The Morgan fingerprint density at radius 2 is 2.12 bits per heavy atom. The van der Waals surface area contributed by atoms with Crippen molar-refractivity contribution in [2.24, 2.45) is 5.10 Å². The van der Waals surface area contributed by atoms with Crippen molar-refractivity contribution in [3.8, 4) is 11.4 Å². The Bertz CT molecular complexity index is 817. The number of carbonyl (C=O) groups is 1. The second-order valence-electron chi connectivity index (χ2n) is 6.14. The fourth-order valence-electron chi connectivity index (χ4n) is 3.23. The van der Waals surface area contributed by atoms with Crippen molar-refractivity contribution in [3.63, 3.8) is 0 Å². The van der Waals surface area contributed by atoms with Crippen molar-refractivity contribution < 1.29 is 4.79 Å². The Morgan fingerprint density at radius 3 is 3.00 bits per heavy atom. The topological polar surface area (TPSA) is 70.5 Å². The van der Waals surface area contributed by atoms with E-state index >= 15 is 0 Å². The average Bonchev–Trinajstić information content (AvgIpc) is 2.62. The van der Waals surface area contributed by atoms with Gasteiger partial charge in [-0.2, -0.15) is 5.10 Å². The van der Waals surface area contributed by atoms with Crippen LogP contribution in [0.3, 0.4) is 0 Å². The van der Waals surface area contributed by atoms with E-state index in [1.165, 1.54) is 0 Å². The molecule has 1 fully saturated rings. The van der Waals surface area contributed by atoms with E-state index in [0.29, 0.717) is 12.4 Å². The number of aromatic nitrogens is 2. The van der Waals surface area contributed by atoms with Crippen LogP contribution >= 0.6 is 0 Å². The number of carbonyl (C=O) groups excluding carboxylic acids is 1. The van der Waals surface area contributed by atoms with Gasteiger partial charge in [0.25, 0.3) is 0 Å². The van der Waals surface area contributed by atoms with Crippen molar-refractivity contribution in [2.45, 2.75) is 25.8 Å². The number of hydrogen-bond acceptors (Lipinski definition) is 5. The van der Waals surface area contributed by atoms with Crippen LogP contribution in [0.4, 0.5) is 0 Å². The molecule has 0 saturated carbocycles. The van der Waals surface area contributed by atoms with Crippen LogP contribution in [-0.4, -0.2) is 45.7 Å². The molecule has 0 spiro atoms. The Labute approximate surface area is 140 Å². The minimum absolute atomic E-state index is 0.0762. The summed E-state index contributed by atoms with van der Waals surface area (Å²) in [7, 11) is 0. The fourth-order valence-corrected chi connectivity index (χ4v) is 3.23. The highest BCUT2D eigenvalue weighted by atomic mass is 16.2. The first-order valence-corrected chi connectivity index (χ1v) is 8.23. The molecular formula is C18H19N5O. The summed E-state index contributed by atoms with van der Waals surface area (Å²) in [6.45, 7) is 3.44. The van der Waals surface area contributed by atoms with Gasteiger partial charge < -0.3 is 5.32 Å². The van der Waals surface area contributed by atoms with Gasteiger partial charge in [0.05, 0.1) is 18.0 Å². The molecule has 6 nitrogen and oxygen atoms in total. The van der Waals surface area contributed by atoms with Crippen LogP contribution in [0, 0.1) is 6.92 Å². The molecule has 0 aliphatic carbocycles. The first kappa shape index (κ1) is 14.8. The number of nitrogens with zero attached hydrogens (tertiary/aromatic N) is 4. The largest absolute Gasteiger partial charge is 0.352 e. The molecule has 1 aromatic heterocycles. The summed E-state index contributed by atoms with van der Waals surface area (Å²) in [5, 5.41) is 9.47. The van der Waals surface area contributed by atoms with E-state index in [-0.39, 0.29) is 11.9 Å². The quantitative estimate of drug-likeness (QED) is 0.915. The van der Waals surface area contributed by atoms with Crippen LogP contribution in [0.5, 0.6) is 0 Å². The first-order valence-electron chi connectivity index (χ1n) is 8.23. The molecule has 122 valence electrons. The molecule has 6 heteroatoms. The summed E-state index contributed by atoms with van der Waals surface area (Å²) in [4.78, 5) is 21.0. The lowest BCUT2D eigenvalue weighted by Gasteiger charge is -2.36. The van der Waals surface area contributed by atoms with E-state index in [2.05, 4.69) is 28.4 Å². The van der Waals surface area contributed by atoms with Gasteiger partial charge in [0.15, 0.2) is 5.82 Å². The summed E-state index contributed by atoms with van der Waals surface area (Å²) < 4.78 is 0. The lowest BCUT2D eigenvalue weighted by Crippen LogP contribution is -2.54. The lowest BCUT2D eigenvalue weighted by molar-refractivity contribution is -0.129. The zero-order chi connectivity index (χ0) is 16.5. The van der Waals surface area contributed by atoms with Crippen molar-refractivity contribution in [1.82, 2.24) is 20.3 Å². The minimum atomic E-state index is -0.139. The molecule has 0 bridgehead atoms. The van der Waals surface area contributed by atoms with E-state index in [4.69, 9.17) is 4.98 Å². The van der Waals surface area contributed by atoms with Crippen LogP contribution in [0.15, 0.2) is 41.6 Å². The van der Waals surface area contributed by atoms with E-state index in [1.54, 1.807) is 6.20 Å². The number of fused-ring (bicyclic) bond motifs is 1. The van der Waals surface area contributed by atoms with Crippen molar-refractivity contribution >= 4 is 11.6 Å². The molecule has 4 rings (SSSR count). The molecule has 1 N–H and O–H groups in total. The monoisotopic (exact) mass is 321 g/mol. The van der Waals surface area contributed by atoms with E-state index in [9.17, 15) is 4.79 Å². The van der Waals surface area contributed by atoms with Crippen LogP contribution < -0.4 is 5.32 Å². The fraction of sp³-hybridized carbons (Fsp3) is 0.333. The van der Waals surface area contributed by atoms with Crippen LogP contribution in [0.25, 0.3) is 11.4 Å². The maximum atomic E-state index is 11.9. The van der Waals surface area contributed by atoms with Gasteiger partial charge in [-0.05, 0) is 31.4 Å². The standard InChI is InChI=1S/C18H19N5O/c1-12-4-2-3-5-13(12)17-19-9-8-14(21-17)15-6-7-16-18(24)20-10-11-23(16)22-15/h2-5,8-9,16H,6-7,10-11H2,1H3,(H,20,24). The maximum Gasteiger partial charge on any atom is 0.244 e. The predicted octanol–water partition coefficient (Wildman–Crippen LogP) is 1.75. The average molecular weight is 321 g/mol. The molecule has 2 aliphatic rings. The van der Waals surface area contributed by atoms with Crippen molar-refractivity contribution in [2.75, 3.05) is 13.1 Å². The lowest BCUT2D eigenvalue weighted by atomic mass is 10.0. The highest BCUT2D eigenvalue weighted by molar-refractivity contribution is 6.00. The molecule has 2 aromatic rings. The third-order valence-corrected chi connectivity index (χ3v) is 4.54. The molecule has 0 radical (unpaired) electrons. The third-order valence-electron chi connectivity index (χ3n) is 4.54. The molecule has 2 aliphatic heterocycles. The summed E-state index contributed by atoms with van der Waals surface area (Å²) in [5.74, 6) is 0.791.